The molecule has 2 aliphatic heterocycles. The summed E-state index contributed by atoms with van der Waals surface area (Å²) in [5.74, 6) is -5.33. The lowest BCUT2D eigenvalue weighted by molar-refractivity contribution is -0.286. The van der Waals surface area contributed by atoms with Crippen LogP contribution >= 0.6 is 0 Å². The van der Waals surface area contributed by atoms with Gasteiger partial charge in [0.25, 0.3) is 5.91 Å². The Bertz CT molecular complexity index is 1650. The molecule has 0 bridgehead atoms. The number of aromatic nitrogens is 1. The normalized spacial score (nSPS) is 14.8. The number of nitrogens with one attached hydrogen (secondary N) is 3. The van der Waals surface area contributed by atoms with Gasteiger partial charge in [0.2, 0.25) is 0 Å². The van der Waals surface area contributed by atoms with Crippen LogP contribution in [0.25, 0.3) is 0 Å². The van der Waals surface area contributed by atoms with E-state index in [9.17, 15) is 39.9 Å². The first-order valence-corrected chi connectivity index (χ1v) is 15.0. The molecule has 52 heavy (non-hydrogen) atoms. The van der Waals surface area contributed by atoms with E-state index in [1.807, 2.05) is 18.2 Å². The fourth-order valence-electron chi connectivity index (χ4n) is 4.28. The highest BCUT2D eigenvalue weighted by Gasteiger charge is 2.43. The van der Waals surface area contributed by atoms with Gasteiger partial charge in [-0.25, -0.2) is 14.6 Å². The number of halogens is 8. The number of carboxylic acids is 2. The molecule has 21 heteroatoms. The predicted molar refractivity (Wildman–Crippen MR) is 166 cm³/mol. The Morgan fingerprint density at radius 3 is 2.10 bits per heavy atom. The Morgan fingerprint density at radius 1 is 0.846 bits per heavy atom. The minimum Gasteiger partial charge on any atom is -0.475 e. The van der Waals surface area contributed by atoms with Gasteiger partial charge in [-0.3, -0.25) is 9.69 Å². The van der Waals surface area contributed by atoms with Crippen LogP contribution in [0.15, 0.2) is 60.8 Å². The molecule has 0 spiro atoms. The van der Waals surface area contributed by atoms with Crippen molar-refractivity contribution in [2.45, 2.75) is 31.6 Å². The van der Waals surface area contributed by atoms with E-state index in [1.54, 1.807) is 24.4 Å². The molecule has 2 aliphatic rings. The van der Waals surface area contributed by atoms with E-state index in [0.29, 0.717) is 23.5 Å². The van der Waals surface area contributed by atoms with Gasteiger partial charge in [-0.05, 0) is 54.9 Å². The van der Waals surface area contributed by atoms with E-state index in [-0.39, 0.29) is 11.5 Å². The molecule has 1 aromatic heterocycles. The average Bonchev–Trinajstić information content (AvgIpc) is 3.39. The van der Waals surface area contributed by atoms with Crippen LogP contribution in [0.1, 0.15) is 22.3 Å². The van der Waals surface area contributed by atoms with Gasteiger partial charge >= 0.3 is 30.6 Å². The number of pyridine rings is 1. The van der Waals surface area contributed by atoms with Gasteiger partial charge in [-0.1, -0.05) is 12.1 Å². The summed E-state index contributed by atoms with van der Waals surface area (Å²) in [6, 6.07) is 15.1. The first-order chi connectivity index (χ1) is 24.3. The molecule has 1 saturated heterocycles. The number of rotatable bonds is 10. The Labute approximate surface area is 289 Å². The van der Waals surface area contributed by atoms with Crippen molar-refractivity contribution >= 4 is 35.0 Å². The summed E-state index contributed by atoms with van der Waals surface area (Å²) >= 11 is 0. The second-order valence-corrected chi connectivity index (χ2v) is 10.6. The number of para-hydroxylation sites is 1. The number of anilines is 3. The molecule has 284 valence electrons. The average molecular weight is 754 g/mol. The van der Waals surface area contributed by atoms with Crippen LogP contribution in [0.4, 0.5) is 52.3 Å². The fourth-order valence-corrected chi connectivity index (χ4v) is 4.28. The summed E-state index contributed by atoms with van der Waals surface area (Å²) in [5, 5.41) is 23.7. The zero-order valence-electron chi connectivity index (χ0n) is 26.7. The summed E-state index contributed by atoms with van der Waals surface area (Å²) in [6.07, 6.45) is -11.1. The van der Waals surface area contributed by atoms with E-state index in [2.05, 4.69) is 35.3 Å². The maximum Gasteiger partial charge on any atom is 0.586 e. The van der Waals surface area contributed by atoms with E-state index < -0.39 is 36.5 Å². The molecule has 3 aromatic rings. The molecule has 5 rings (SSSR count). The van der Waals surface area contributed by atoms with Crippen LogP contribution < -0.4 is 25.4 Å². The number of aliphatic carboxylic acids is 2. The zero-order chi connectivity index (χ0) is 38.5. The van der Waals surface area contributed by atoms with Crippen molar-refractivity contribution in [2.75, 3.05) is 55.3 Å². The number of amides is 1. The monoisotopic (exact) mass is 753 g/mol. The Kier molecular flexibility index (Phi) is 14.3. The summed E-state index contributed by atoms with van der Waals surface area (Å²) in [5.41, 5.74) is 2.35. The van der Waals surface area contributed by atoms with Gasteiger partial charge in [-0.15, -0.1) is 8.78 Å². The van der Waals surface area contributed by atoms with Gasteiger partial charge in [0.1, 0.15) is 5.82 Å². The van der Waals surface area contributed by atoms with Crippen LogP contribution in [0.5, 0.6) is 11.5 Å². The molecule has 13 nitrogen and oxygen atoms in total. The maximum absolute atomic E-state index is 13.3. The summed E-state index contributed by atoms with van der Waals surface area (Å²) in [7, 11) is 0. The second kappa shape index (κ2) is 18.2. The van der Waals surface area contributed by atoms with Gasteiger partial charge in [0.15, 0.2) is 11.5 Å². The fraction of sp³-hybridized carbons (Fsp3) is 0.355. The highest BCUT2D eigenvalue weighted by molar-refractivity contribution is 6.08. The van der Waals surface area contributed by atoms with Crippen LogP contribution in [-0.2, 0) is 20.9 Å². The minimum atomic E-state index is -5.08. The molecule has 2 aromatic carbocycles. The van der Waals surface area contributed by atoms with Crippen molar-refractivity contribution in [3.8, 4) is 11.5 Å². The molecule has 3 heterocycles. The maximum atomic E-state index is 13.3. The molecule has 1 amide bonds. The van der Waals surface area contributed by atoms with Crippen molar-refractivity contribution in [3.63, 3.8) is 0 Å². The molecule has 0 radical (unpaired) electrons. The van der Waals surface area contributed by atoms with E-state index in [0.717, 1.165) is 57.2 Å². The number of ether oxygens (including phenoxy) is 3. The van der Waals surface area contributed by atoms with E-state index >= 15 is 0 Å². The SMILES string of the molecule is O=C(Nc1ccc2c(c1)OC(F)(F)O2)c1ccccc1NCc1ccnc(NCCCN2CCOCC2)c1.O=C(O)C(F)(F)F.O=C(O)C(F)(F)F. The van der Waals surface area contributed by atoms with Crippen molar-refractivity contribution in [1.29, 1.82) is 0 Å². The molecule has 0 atom stereocenters. The summed E-state index contributed by atoms with van der Waals surface area (Å²) in [4.78, 5) is 37.6. The Hall–Kier alpha value is -5.44. The Balaban J connectivity index is 0.000000441. The van der Waals surface area contributed by atoms with Crippen molar-refractivity contribution in [1.82, 2.24) is 9.88 Å². The van der Waals surface area contributed by atoms with Crippen molar-refractivity contribution in [3.05, 3.63) is 71.9 Å². The number of morpholine rings is 1. The van der Waals surface area contributed by atoms with Crippen LogP contribution in [0.3, 0.4) is 0 Å². The van der Waals surface area contributed by atoms with Crippen molar-refractivity contribution in [2.24, 2.45) is 0 Å². The molecule has 0 unspecified atom stereocenters. The first-order valence-electron chi connectivity index (χ1n) is 15.0. The van der Waals surface area contributed by atoms with E-state index in [4.69, 9.17) is 24.5 Å². The number of carbonyl (C=O) groups is 3. The third-order valence-electron chi connectivity index (χ3n) is 6.68. The lowest BCUT2D eigenvalue weighted by Gasteiger charge is -2.26. The molecular weight excluding hydrogens is 722 g/mol. The minimum absolute atomic E-state index is 0.0848. The lowest BCUT2D eigenvalue weighted by atomic mass is 10.1. The van der Waals surface area contributed by atoms with Gasteiger partial charge in [0, 0.05) is 49.8 Å². The van der Waals surface area contributed by atoms with Gasteiger partial charge < -0.3 is 40.4 Å². The zero-order valence-corrected chi connectivity index (χ0v) is 26.7. The number of carbonyl (C=O) groups excluding carboxylic acids is 1. The Morgan fingerprint density at radius 2 is 1.46 bits per heavy atom. The van der Waals surface area contributed by atoms with Crippen molar-refractivity contribution < 1.29 is 73.9 Å². The molecule has 0 aliphatic carbocycles. The standard InChI is InChI=1S/C27H29F2N5O4.2C2HF3O2/c28-27(29)37-23-7-6-20(17-24(23)38-27)33-26(35)21-4-1-2-5-22(21)32-18-19-8-10-31-25(16-19)30-9-3-11-34-12-14-36-15-13-34;2*3-2(4,5)1(6)7/h1-2,4-8,10,16-17,32H,3,9,11-15,18H2,(H,30,31)(H,33,35);2*(H,6,7). The molecular formula is C31H31F8N5O8. The van der Waals surface area contributed by atoms with Crippen LogP contribution in [0.2, 0.25) is 0 Å². The molecule has 1 fully saturated rings. The van der Waals surface area contributed by atoms with Crippen LogP contribution in [0, 0.1) is 0 Å². The predicted octanol–water partition coefficient (Wildman–Crippen LogP) is 5.67. The number of hydrogen-bond donors (Lipinski definition) is 5. The van der Waals surface area contributed by atoms with E-state index in [1.165, 1.54) is 18.2 Å². The topological polar surface area (TPSA) is 172 Å². The van der Waals surface area contributed by atoms with Gasteiger partial charge in [-0.2, -0.15) is 26.3 Å². The number of nitrogens with zero attached hydrogens (tertiary/aromatic N) is 2. The number of fused-ring (bicyclic) bond motifs is 1. The van der Waals surface area contributed by atoms with Gasteiger partial charge in [0.05, 0.1) is 18.8 Å². The molecule has 5 N–H and O–H groups in total. The lowest BCUT2D eigenvalue weighted by Crippen LogP contribution is -2.37. The number of benzene rings is 2. The largest absolute Gasteiger partial charge is 0.586 e. The third-order valence-corrected chi connectivity index (χ3v) is 6.68. The number of alkyl halides is 8. The smallest absolute Gasteiger partial charge is 0.475 e. The number of hydrogen-bond acceptors (Lipinski definition) is 10. The summed E-state index contributed by atoms with van der Waals surface area (Å²) in [6.45, 7) is 5.89. The summed E-state index contributed by atoms with van der Waals surface area (Å²) < 4.78 is 104. The highest BCUT2D eigenvalue weighted by Crippen LogP contribution is 2.42. The first kappa shape index (κ1) is 41.0. The third kappa shape index (κ3) is 13.7. The quantitative estimate of drug-likeness (QED) is 0.127. The van der Waals surface area contributed by atoms with Crippen LogP contribution in [-0.4, -0.2) is 96.0 Å². The second-order valence-electron chi connectivity index (χ2n) is 10.6. The molecule has 0 saturated carbocycles. The highest BCUT2D eigenvalue weighted by atomic mass is 19.4. The number of carboxylic acid groups (broad SMARTS) is 2.